The molecule has 41 heavy (non-hydrogen) atoms. The van der Waals surface area contributed by atoms with Crippen LogP contribution in [0.2, 0.25) is 0 Å². The van der Waals surface area contributed by atoms with Crippen molar-refractivity contribution in [2.45, 2.75) is 56.2 Å². The highest BCUT2D eigenvalue weighted by molar-refractivity contribution is 5.91. The third-order valence-electron chi connectivity index (χ3n) is 8.08. The van der Waals surface area contributed by atoms with Crippen molar-refractivity contribution >= 4 is 22.6 Å². The lowest BCUT2D eigenvalue weighted by atomic mass is 10.1. The average molecular weight is 575 g/mol. The molecule has 1 amide bonds. The summed E-state index contributed by atoms with van der Waals surface area (Å²) in [6.45, 7) is 2.39. The first-order chi connectivity index (χ1) is 19.7. The molecule has 4 heterocycles. The Morgan fingerprint density at radius 1 is 1.10 bits per heavy atom. The summed E-state index contributed by atoms with van der Waals surface area (Å²) in [6.07, 6.45) is 0.885. The van der Waals surface area contributed by atoms with Gasteiger partial charge in [0.25, 0.3) is 0 Å². The molecule has 9 nitrogen and oxygen atoms in total. The van der Waals surface area contributed by atoms with E-state index in [1.807, 2.05) is 0 Å². The first-order valence-electron chi connectivity index (χ1n) is 13.7. The number of pyridine rings is 1. The van der Waals surface area contributed by atoms with Gasteiger partial charge in [0.2, 0.25) is 11.9 Å². The van der Waals surface area contributed by atoms with Crippen LogP contribution in [0, 0.1) is 5.95 Å². The van der Waals surface area contributed by atoms with Gasteiger partial charge in [-0.05, 0) is 55.5 Å². The zero-order valence-corrected chi connectivity index (χ0v) is 22.2. The maximum absolute atomic E-state index is 13.6. The smallest absolute Gasteiger partial charge is 0.381 e. The number of rotatable bonds is 7. The lowest BCUT2D eigenvalue weighted by Gasteiger charge is -2.31. The molecule has 2 saturated heterocycles. The summed E-state index contributed by atoms with van der Waals surface area (Å²) in [5, 5.41) is 6.11. The minimum atomic E-state index is -4.52. The zero-order valence-electron chi connectivity index (χ0n) is 22.2. The average Bonchev–Trinajstić information content (AvgIpc) is 3.55. The number of ether oxygens (including phenoxy) is 2. The molecule has 2 N–H and O–H groups in total. The Morgan fingerprint density at radius 2 is 1.93 bits per heavy atom. The van der Waals surface area contributed by atoms with Crippen molar-refractivity contribution in [2.75, 3.05) is 38.2 Å². The minimum absolute atomic E-state index is 0.140. The van der Waals surface area contributed by atoms with E-state index in [4.69, 9.17) is 9.47 Å². The van der Waals surface area contributed by atoms with Gasteiger partial charge in [-0.2, -0.15) is 17.6 Å². The van der Waals surface area contributed by atoms with Crippen molar-refractivity contribution < 1.29 is 31.8 Å². The number of aryl methyl sites for hydroxylation is 1. The molecule has 2 aromatic heterocycles. The quantitative estimate of drug-likeness (QED) is 0.326. The van der Waals surface area contributed by atoms with Crippen LogP contribution in [0.3, 0.4) is 0 Å². The largest absolute Gasteiger partial charge is 0.416 e. The van der Waals surface area contributed by atoms with E-state index in [0.29, 0.717) is 50.7 Å². The summed E-state index contributed by atoms with van der Waals surface area (Å²) in [4.78, 5) is 27.3. The zero-order chi connectivity index (χ0) is 28.6. The van der Waals surface area contributed by atoms with Gasteiger partial charge in [0, 0.05) is 49.5 Å². The van der Waals surface area contributed by atoms with Crippen molar-refractivity contribution in [1.29, 1.82) is 0 Å². The molecule has 0 saturated carbocycles. The van der Waals surface area contributed by atoms with E-state index in [2.05, 4.69) is 30.5 Å². The van der Waals surface area contributed by atoms with Gasteiger partial charge >= 0.3 is 6.18 Å². The molecule has 2 fully saturated rings. The molecular formula is C28H30F4N6O3. The number of halogens is 4. The summed E-state index contributed by atoms with van der Waals surface area (Å²) in [5.41, 5.74) is 1.27. The molecule has 0 bridgehead atoms. The van der Waals surface area contributed by atoms with Crippen LogP contribution in [0.1, 0.15) is 42.1 Å². The molecule has 1 aliphatic carbocycles. The predicted molar refractivity (Wildman–Crippen MR) is 141 cm³/mol. The van der Waals surface area contributed by atoms with Crippen LogP contribution >= 0.6 is 0 Å². The SMILES string of the molecule is O=C(CNc1ncnc2ccc(C(F)(F)F)cc12)NC1CN(C2CCOCC2)C[C@@H]1OC1CCc2cc(F)ncc21. The van der Waals surface area contributed by atoms with Gasteiger partial charge in [-0.15, -0.1) is 0 Å². The number of carbonyl (C=O) groups excluding carboxylic acids is 1. The second-order valence-corrected chi connectivity index (χ2v) is 10.7. The fraction of sp³-hybridized carbons (Fsp3) is 0.500. The van der Waals surface area contributed by atoms with Crippen molar-refractivity contribution in [3.8, 4) is 0 Å². The molecule has 2 aliphatic heterocycles. The standard InChI is InChI=1S/C28H30F4N6O3/c29-25-9-16-1-4-23(20(16)11-33-25)41-24-14-38(18-5-7-40-8-6-18)13-22(24)37-26(39)12-34-27-19-10-17(28(30,31)32)2-3-21(19)35-15-36-27/h2-3,9-11,15,18,22-24H,1,4-8,12-14H2,(H,37,39)(H,34,35,36)/t22?,23?,24-/m0/s1. The molecule has 13 heteroatoms. The van der Waals surface area contributed by atoms with Gasteiger partial charge in [0.1, 0.15) is 12.1 Å². The third-order valence-corrected chi connectivity index (χ3v) is 8.08. The van der Waals surface area contributed by atoms with E-state index in [9.17, 15) is 22.4 Å². The van der Waals surface area contributed by atoms with Crippen LogP contribution in [0.4, 0.5) is 23.4 Å². The Bertz CT molecular complexity index is 1420. The summed E-state index contributed by atoms with van der Waals surface area (Å²) >= 11 is 0. The number of amides is 1. The van der Waals surface area contributed by atoms with Crippen LogP contribution in [-0.4, -0.2) is 76.8 Å². The van der Waals surface area contributed by atoms with Crippen LogP contribution in [0.5, 0.6) is 0 Å². The fourth-order valence-corrected chi connectivity index (χ4v) is 6.00. The molecule has 3 aliphatic rings. The van der Waals surface area contributed by atoms with Gasteiger partial charge < -0.3 is 20.1 Å². The number of anilines is 1. The number of likely N-dealkylation sites (tertiary alicyclic amines) is 1. The summed E-state index contributed by atoms with van der Waals surface area (Å²) < 4.78 is 65.5. The number of nitrogens with one attached hydrogen (secondary N) is 2. The van der Waals surface area contributed by atoms with E-state index < -0.39 is 17.7 Å². The highest BCUT2D eigenvalue weighted by Gasteiger charge is 2.40. The monoisotopic (exact) mass is 574 g/mol. The molecule has 3 aromatic rings. The van der Waals surface area contributed by atoms with Crippen molar-refractivity contribution in [3.05, 3.63) is 59.4 Å². The second kappa shape index (κ2) is 11.5. The molecule has 0 radical (unpaired) electrons. The molecule has 6 rings (SSSR count). The molecule has 1 aromatic carbocycles. The van der Waals surface area contributed by atoms with E-state index >= 15 is 0 Å². The Morgan fingerprint density at radius 3 is 2.73 bits per heavy atom. The van der Waals surface area contributed by atoms with Gasteiger partial charge in [-0.3, -0.25) is 9.69 Å². The molecule has 3 atom stereocenters. The molecule has 0 spiro atoms. The minimum Gasteiger partial charge on any atom is -0.381 e. The highest BCUT2D eigenvalue weighted by atomic mass is 19.4. The van der Waals surface area contributed by atoms with E-state index in [0.717, 1.165) is 36.1 Å². The Hall–Kier alpha value is -3.42. The maximum atomic E-state index is 13.6. The van der Waals surface area contributed by atoms with Gasteiger partial charge in [-0.1, -0.05) is 0 Å². The normalized spacial score (nSPS) is 23.6. The Labute approximate surface area is 233 Å². The van der Waals surface area contributed by atoms with E-state index in [1.165, 1.54) is 24.7 Å². The molecule has 2 unspecified atom stereocenters. The first-order valence-corrected chi connectivity index (χ1v) is 13.7. The summed E-state index contributed by atoms with van der Waals surface area (Å²) in [7, 11) is 0. The lowest BCUT2D eigenvalue weighted by Crippen LogP contribution is -2.46. The van der Waals surface area contributed by atoms with Crippen molar-refractivity contribution in [1.82, 2.24) is 25.2 Å². The number of carbonyl (C=O) groups is 1. The van der Waals surface area contributed by atoms with Gasteiger partial charge in [0.15, 0.2) is 0 Å². The third kappa shape index (κ3) is 6.11. The molecular weight excluding hydrogens is 544 g/mol. The number of fused-ring (bicyclic) bond motifs is 2. The van der Waals surface area contributed by atoms with Crippen LogP contribution < -0.4 is 10.6 Å². The fourth-order valence-electron chi connectivity index (χ4n) is 6.00. The van der Waals surface area contributed by atoms with E-state index in [-0.39, 0.29) is 41.9 Å². The maximum Gasteiger partial charge on any atom is 0.416 e. The number of benzene rings is 1. The lowest BCUT2D eigenvalue weighted by molar-refractivity contribution is -0.137. The predicted octanol–water partition coefficient (Wildman–Crippen LogP) is 3.65. The van der Waals surface area contributed by atoms with Crippen LogP contribution in [0.15, 0.2) is 36.8 Å². The van der Waals surface area contributed by atoms with Gasteiger partial charge in [-0.25, -0.2) is 15.0 Å². The Balaban J connectivity index is 1.15. The number of hydrogen-bond donors (Lipinski definition) is 2. The Kier molecular flexibility index (Phi) is 7.75. The number of hydrogen-bond acceptors (Lipinski definition) is 8. The topological polar surface area (TPSA) is 102 Å². The number of nitrogens with zero attached hydrogens (tertiary/aromatic N) is 4. The first kappa shape index (κ1) is 27.7. The van der Waals surface area contributed by atoms with Crippen molar-refractivity contribution in [2.24, 2.45) is 0 Å². The van der Waals surface area contributed by atoms with Crippen molar-refractivity contribution in [3.63, 3.8) is 0 Å². The number of alkyl halides is 3. The molecule has 218 valence electrons. The van der Waals surface area contributed by atoms with Gasteiger partial charge in [0.05, 0.1) is 35.9 Å². The number of aromatic nitrogens is 3. The highest BCUT2D eigenvalue weighted by Crippen LogP contribution is 2.36. The summed E-state index contributed by atoms with van der Waals surface area (Å²) in [5.74, 6) is -0.715. The van der Waals surface area contributed by atoms with Crippen LogP contribution in [0.25, 0.3) is 10.9 Å². The summed E-state index contributed by atoms with van der Waals surface area (Å²) in [6, 6.07) is 4.66. The second-order valence-electron chi connectivity index (χ2n) is 10.7. The van der Waals surface area contributed by atoms with E-state index in [1.54, 1.807) is 0 Å². The van der Waals surface area contributed by atoms with Crippen LogP contribution in [-0.2, 0) is 26.9 Å².